The van der Waals surface area contributed by atoms with E-state index >= 15 is 0 Å². The predicted molar refractivity (Wildman–Crippen MR) is 60.1 cm³/mol. The summed E-state index contributed by atoms with van der Waals surface area (Å²) in [7, 11) is 0. The standard InChI is InChI=1S/C12H9N3O/c16-11-3-1-9(2-4-11)10-5-6-15-12(7-10)13-8-14-15/h1-8,16H. The van der Waals surface area contributed by atoms with Gasteiger partial charge in [-0.25, -0.2) is 9.50 Å². The molecule has 1 aromatic carbocycles. The van der Waals surface area contributed by atoms with Crippen molar-refractivity contribution in [3.8, 4) is 16.9 Å². The smallest absolute Gasteiger partial charge is 0.155 e. The third-order valence-corrected chi connectivity index (χ3v) is 2.48. The summed E-state index contributed by atoms with van der Waals surface area (Å²) in [5.74, 6) is 0.271. The summed E-state index contributed by atoms with van der Waals surface area (Å²) in [5, 5.41) is 13.2. The zero-order chi connectivity index (χ0) is 11.0. The molecular weight excluding hydrogens is 202 g/mol. The van der Waals surface area contributed by atoms with Gasteiger partial charge in [-0.3, -0.25) is 0 Å². The van der Waals surface area contributed by atoms with Gasteiger partial charge in [0.15, 0.2) is 5.65 Å². The van der Waals surface area contributed by atoms with Gasteiger partial charge < -0.3 is 5.11 Å². The minimum absolute atomic E-state index is 0.271. The number of aromatic hydroxyl groups is 1. The summed E-state index contributed by atoms with van der Waals surface area (Å²) >= 11 is 0. The van der Waals surface area contributed by atoms with Crippen molar-refractivity contribution < 1.29 is 5.11 Å². The fraction of sp³-hybridized carbons (Fsp3) is 0. The van der Waals surface area contributed by atoms with Crippen LogP contribution in [0.25, 0.3) is 16.8 Å². The van der Waals surface area contributed by atoms with E-state index in [4.69, 9.17) is 0 Å². The van der Waals surface area contributed by atoms with Crippen LogP contribution < -0.4 is 0 Å². The molecule has 4 heteroatoms. The molecule has 4 nitrogen and oxygen atoms in total. The van der Waals surface area contributed by atoms with E-state index in [2.05, 4.69) is 10.1 Å². The van der Waals surface area contributed by atoms with Crippen molar-refractivity contribution >= 4 is 5.65 Å². The molecule has 0 atom stereocenters. The van der Waals surface area contributed by atoms with Crippen LogP contribution in [0, 0.1) is 0 Å². The molecule has 0 saturated heterocycles. The van der Waals surface area contributed by atoms with Crippen LogP contribution in [0.1, 0.15) is 0 Å². The summed E-state index contributed by atoms with van der Waals surface area (Å²) in [6.07, 6.45) is 3.39. The van der Waals surface area contributed by atoms with Crippen molar-refractivity contribution in [2.75, 3.05) is 0 Å². The van der Waals surface area contributed by atoms with Crippen LogP contribution in [-0.4, -0.2) is 19.7 Å². The first-order valence-corrected chi connectivity index (χ1v) is 4.92. The minimum atomic E-state index is 0.271. The lowest BCUT2D eigenvalue weighted by Crippen LogP contribution is -1.87. The Morgan fingerprint density at radius 1 is 1.00 bits per heavy atom. The van der Waals surface area contributed by atoms with E-state index in [9.17, 15) is 5.11 Å². The molecule has 0 radical (unpaired) electrons. The van der Waals surface area contributed by atoms with Crippen molar-refractivity contribution in [2.24, 2.45) is 0 Å². The SMILES string of the molecule is Oc1ccc(-c2ccn3ncnc3c2)cc1. The highest BCUT2D eigenvalue weighted by molar-refractivity contribution is 5.67. The topological polar surface area (TPSA) is 50.4 Å². The van der Waals surface area contributed by atoms with Crippen molar-refractivity contribution in [3.05, 3.63) is 48.9 Å². The van der Waals surface area contributed by atoms with Gasteiger partial charge in [0.25, 0.3) is 0 Å². The molecule has 0 saturated carbocycles. The van der Waals surface area contributed by atoms with Crippen LogP contribution in [-0.2, 0) is 0 Å². The number of phenolic OH excluding ortho intramolecular Hbond substituents is 1. The lowest BCUT2D eigenvalue weighted by molar-refractivity contribution is 0.475. The summed E-state index contributed by atoms with van der Waals surface area (Å²) in [5.41, 5.74) is 2.91. The van der Waals surface area contributed by atoms with E-state index in [0.717, 1.165) is 16.8 Å². The number of rotatable bonds is 1. The van der Waals surface area contributed by atoms with Gasteiger partial charge in [0.2, 0.25) is 0 Å². The third kappa shape index (κ3) is 1.40. The zero-order valence-corrected chi connectivity index (χ0v) is 8.41. The Morgan fingerprint density at radius 2 is 1.81 bits per heavy atom. The van der Waals surface area contributed by atoms with Gasteiger partial charge in [-0.05, 0) is 35.4 Å². The maximum absolute atomic E-state index is 9.22. The molecule has 2 heterocycles. The molecule has 0 amide bonds. The lowest BCUT2D eigenvalue weighted by atomic mass is 10.1. The number of hydrogen-bond acceptors (Lipinski definition) is 3. The Hall–Kier alpha value is -2.36. The molecule has 16 heavy (non-hydrogen) atoms. The van der Waals surface area contributed by atoms with Gasteiger partial charge in [-0.1, -0.05) is 12.1 Å². The molecule has 0 fully saturated rings. The fourth-order valence-corrected chi connectivity index (χ4v) is 1.65. The van der Waals surface area contributed by atoms with E-state index in [0.29, 0.717) is 0 Å². The van der Waals surface area contributed by atoms with Crippen molar-refractivity contribution in [2.45, 2.75) is 0 Å². The molecule has 0 aliphatic carbocycles. The van der Waals surface area contributed by atoms with E-state index < -0.39 is 0 Å². The van der Waals surface area contributed by atoms with Crippen LogP contribution in [0.15, 0.2) is 48.9 Å². The average Bonchev–Trinajstić information content (AvgIpc) is 2.77. The molecule has 0 unspecified atom stereocenters. The summed E-state index contributed by atoms with van der Waals surface area (Å²) in [6, 6.07) is 11.0. The van der Waals surface area contributed by atoms with E-state index in [1.54, 1.807) is 16.6 Å². The van der Waals surface area contributed by atoms with Crippen molar-refractivity contribution in [1.82, 2.24) is 14.6 Å². The van der Waals surface area contributed by atoms with Crippen LogP contribution >= 0.6 is 0 Å². The van der Waals surface area contributed by atoms with Gasteiger partial charge in [0, 0.05) is 6.20 Å². The Morgan fingerprint density at radius 3 is 2.62 bits per heavy atom. The highest BCUT2D eigenvalue weighted by Gasteiger charge is 2.00. The second kappa shape index (κ2) is 3.34. The van der Waals surface area contributed by atoms with Crippen LogP contribution in [0.2, 0.25) is 0 Å². The van der Waals surface area contributed by atoms with Crippen LogP contribution in [0.3, 0.4) is 0 Å². The van der Waals surface area contributed by atoms with Gasteiger partial charge in [-0.2, -0.15) is 5.10 Å². The minimum Gasteiger partial charge on any atom is -0.508 e. The Balaban J connectivity index is 2.14. The molecule has 0 spiro atoms. The highest BCUT2D eigenvalue weighted by atomic mass is 16.3. The summed E-state index contributed by atoms with van der Waals surface area (Å²) < 4.78 is 1.71. The predicted octanol–water partition coefficient (Wildman–Crippen LogP) is 2.10. The highest BCUT2D eigenvalue weighted by Crippen LogP contribution is 2.22. The van der Waals surface area contributed by atoms with Gasteiger partial charge >= 0.3 is 0 Å². The molecule has 2 aromatic heterocycles. The molecule has 0 aliphatic heterocycles. The molecule has 78 valence electrons. The Kier molecular flexibility index (Phi) is 1.86. The number of benzene rings is 1. The molecule has 1 N–H and O–H groups in total. The summed E-state index contributed by atoms with van der Waals surface area (Å²) in [4.78, 5) is 4.12. The number of pyridine rings is 1. The number of hydrogen-bond donors (Lipinski definition) is 1. The second-order valence-corrected chi connectivity index (χ2v) is 3.53. The van der Waals surface area contributed by atoms with Crippen LogP contribution in [0.5, 0.6) is 5.75 Å². The number of fused-ring (bicyclic) bond motifs is 1. The molecule has 0 aliphatic rings. The number of nitrogens with zero attached hydrogens (tertiary/aromatic N) is 3. The largest absolute Gasteiger partial charge is 0.508 e. The quantitative estimate of drug-likeness (QED) is 0.670. The zero-order valence-electron chi connectivity index (χ0n) is 8.41. The average molecular weight is 211 g/mol. The van der Waals surface area contributed by atoms with E-state index in [-0.39, 0.29) is 5.75 Å². The van der Waals surface area contributed by atoms with Gasteiger partial charge in [0.05, 0.1) is 0 Å². The molecule has 0 bridgehead atoms. The molecular formula is C12H9N3O. The number of aromatic nitrogens is 3. The van der Waals surface area contributed by atoms with Gasteiger partial charge in [0.1, 0.15) is 12.1 Å². The Bertz CT molecular complexity index is 628. The maximum Gasteiger partial charge on any atom is 0.155 e. The fourth-order valence-electron chi connectivity index (χ4n) is 1.65. The monoisotopic (exact) mass is 211 g/mol. The maximum atomic E-state index is 9.22. The summed E-state index contributed by atoms with van der Waals surface area (Å²) in [6.45, 7) is 0. The van der Waals surface area contributed by atoms with Crippen molar-refractivity contribution in [1.29, 1.82) is 0 Å². The number of phenols is 1. The normalized spacial score (nSPS) is 10.8. The molecule has 3 aromatic rings. The van der Waals surface area contributed by atoms with Crippen LogP contribution in [0.4, 0.5) is 0 Å². The van der Waals surface area contributed by atoms with Crippen molar-refractivity contribution in [3.63, 3.8) is 0 Å². The molecule has 3 rings (SSSR count). The van der Waals surface area contributed by atoms with E-state index in [1.165, 1.54) is 6.33 Å². The lowest BCUT2D eigenvalue weighted by Gasteiger charge is -2.01. The first kappa shape index (κ1) is 8.91. The Labute approximate surface area is 91.8 Å². The van der Waals surface area contributed by atoms with Gasteiger partial charge in [-0.15, -0.1) is 0 Å². The second-order valence-electron chi connectivity index (χ2n) is 3.53. The van der Waals surface area contributed by atoms with E-state index in [1.807, 2.05) is 30.5 Å². The third-order valence-electron chi connectivity index (χ3n) is 2.48. The first-order valence-electron chi connectivity index (χ1n) is 4.92. The first-order chi connectivity index (χ1) is 7.83.